The highest BCUT2D eigenvalue weighted by molar-refractivity contribution is 5.67. The summed E-state index contributed by atoms with van der Waals surface area (Å²) < 4.78 is 0. The minimum absolute atomic E-state index is 0.137. The quantitative estimate of drug-likeness (QED) is 0.631. The lowest BCUT2D eigenvalue weighted by Gasteiger charge is -2.18. The second kappa shape index (κ2) is 5.13. The minimum atomic E-state index is -0.749. The molecule has 0 radical (unpaired) electrons. The highest BCUT2D eigenvalue weighted by atomic mass is 16.4. The van der Waals surface area contributed by atoms with Crippen LogP contribution >= 0.6 is 0 Å². The van der Waals surface area contributed by atoms with Crippen molar-refractivity contribution in [3.63, 3.8) is 0 Å². The Morgan fingerprint density at radius 1 is 1.64 bits per heavy atom. The summed E-state index contributed by atoms with van der Waals surface area (Å²) in [7, 11) is 0. The first-order chi connectivity index (χ1) is 5.11. The van der Waals surface area contributed by atoms with Gasteiger partial charge in [0, 0.05) is 6.42 Å². The van der Waals surface area contributed by atoms with Crippen molar-refractivity contribution in [3.8, 4) is 0 Å². The van der Waals surface area contributed by atoms with E-state index in [1.165, 1.54) is 0 Å². The van der Waals surface area contributed by atoms with Gasteiger partial charge in [0.2, 0.25) is 0 Å². The van der Waals surface area contributed by atoms with Crippen molar-refractivity contribution in [2.45, 2.75) is 26.7 Å². The van der Waals surface area contributed by atoms with Crippen LogP contribution in [0, 0.1) is 11.8 Å². The predicted octanol–water partition coefficient (Wildman–Crippen LogP) is 1.08. The lowest BCUT2D eigenvalue weighted by Crippen LogP contribution is -2.24. The molecule has 3 heteroatoms. The standard InChI is InChI=1S/C8H17NO2/c1-3-6(2)7(5-9)4-8(10)11/h6-7H,3-5,9H2,1-2H3,(H,10,11)/t6-,7+/m1/s1. The summed E-state index contributed by atoms with van der Waals surface area (Å²) in [5.41, 5.74) is 5.43. The van der Waals surface area contributed by atoms with Gasteiger partial charge in [0.1, 0.15) is 0 Å². The fraction of sp³-hybridized carbons (Fsp3) is 0.875. The van der Waals surface area contributed by atoms with Crippen LogP contribution in [0.4, 0.5) is 0 Å². The highest BCUT2D eigenvalue weighted by Crippen LogP contribution is 2.17. The van der Waals surface area contributed by atoms with Gasteiger partial charge >= 0.3 is 5.97 Å². The number of aliphatic carboxylic acids is 1. The first kappa shape index (κ1) is 10.4. The Bertz CT molecular complexity index is 125. The fourth-order valence-electron chi connectivity index (χ4n) is 1.07. The summed E-state index contributed by atoms with van der Waals surface area (Å²) >= 11 is 0. The molecule has 2 atom stereocenters. The van der Waals surface area contributed by atoms with Crippen LogP contribution in [0.1, 0.15) is 26.7 Å². The zero-order valence-electron chi connectivity index (χ0n) is 7.21. The molecule has 0 aliphatic carbocycles. The van der Waals surface area contributed by atoms with Crippen LogP contribution in [0.3, 0.4) is 0 Å². The van der Waals surface area contributed by atoms with Crippen molar-refractivity contribution in [2.75, 3.05) is 6.54 Å². The van der Waals surface area contributed by atoms with Crippen molar-refractivity contribution in [1.82, 2.24) is 0 Å². The van der Waals surface area contributed by atoms with Crippen LogP contribution in [-0.4, -0.2) is 17.6 Å². The Hall–Kier alpha value is -0.570. The molecule has 0 aromatic rings. The van der Waals surface area contributed by atoms with Gasteiger partial charge in [-0.1, -0.05) is 20.3 Å². The van der Waals surface area contributed by atoms with Gasteiger partial charge in [0.15, 0.2) is 0 Å². The van der Waals surface area contributed by atoms with Gasteiger partial charge in [-0.25, -0.2) is 0 Å². The topological polar surface area (TPSA) is 63.3 Å². The van der Waals surface area contributed by atoms with Gasteiger partial charge in [-0.3, -0.25) is 4.79 Å². The minimum Gasteiger partial charge on any atom is -0.481 e. The van der Waals surface area contributed by atoms with Gasteiger partial charge in [0.25, 0.3) is 0 Å². The zero-order valence-corrected chi connectivity index (χ0v) is 7.21. The summed E-state index contributed by atoms with van der Waals surface area (Å²) in [5.74, 6) is -0.200. The molecule has 0 heterocycles. The van der Waals surface area contributed by atoms with Crippen LogP contribution in [0.15, 0.2) is 0 Å². The number of hydrogen-bond acceptors (Lipinski definition) is 2. The molecule has 0 fully saturated rings. The Kier molecular flexibility index (Phi) is 4.86. The molecule has 11 heavy (non-hydrogen) atoms. The number of carbonyl (C=O) groups is 1. The zero-order chi connectivity index (χ0) is 8.85. The lowest BCUT2D eigenvalue weighted by atomic mass is 9.89. The van der Waals surface area contributed by atoms with E-state index < -0.39 is 5.97 Å². The molecule has 0 spiro atoms. The number of nitrogens with two attached hydrogens (primary N) is 1. The third kappa shape index (κ3) is 3.98. The van der Waals surface area contributed by atoms with E-state index in [0.29, 0.717) is 12.5 Å². The summed E-state index contributed by atoms with van der Waals surface area (Å²) in [6.07, 6.45) is 1.20. The monoisotopic (exact) mass is 159 g/mol. The number of carboxylic acids is 1. The Morgan fingerprint density at radius 2 is 2.18 bits per heavy atom. The number of carboxylic acid groups (broad SMARTS) is 1. The predicted molar refractivity (Wildman–Crippen MR) is 44.3 cm³/mol. The molecule has 0 aromatic heterocycles. The molecule has 0 aliphatic heterocycles. The van der Waals surface area contributed by atoms with Crippen molar-refractivity contribution in [3.05, 3.63) is 0 Å². The second-order valence-electron chi connectivity index (χ2n) is 2.98. The van der Waals surface area contributed by atoms with Crippen LogP contribution in [-0.2, 0) is 4.79 Å². The van der Waals surface area contributed by atoms with Crippen molar-refractivity contribution in [2.24, 2.45) is 17.6 Å². The average molecular weight is 159 g/mol. The summed E-state index contributed by atoms with van der Waals surface area (Å²) in [6, 6.07) is 0. The number of rotatable bonds is 5. The molecule has 3 N–H and O–H groups in total. The van der Waals surface area contributed by atoms with Gasteiger partial charge < -0.3 is 10.8 Å². The van der Waals surface area contributed by atoms with E-state index in [2.05, 4.69) is 6.92 Å². The highest BCUT2D eigenvalue weighted by Gasteiger charge is 2.16. The van der Waals surface area contributed by atoms with Crippen LogP contribution < -0.4 is 5.73 Å². The average Bonchev–Trinajstić information content (AvgIpc) is 1.98. The summed E-state index contributed by atoms with van der Waals surface area (Å²) in [4.78, 5) is 10.3. The maximum atomic E-state index is 10.3. The Morgan fingerprint density at radius 3 is 2.45 bits per heavy atom. The van der Waals surface area contributed by atoms with E-state index in [4.69, 9.17) is 10.8 Å². The molecule has 0 saturated carbocycles. The van der Waals surface area contributed by atoms with E-state index in [1.807, 2.05) is 6.92 Å². The maximum Gasteiger partial charge on any atom is 0.303 e. The van der Waals surface area contributed by atoms with Crippen LogP contribution in [0.25, 0.3) is 0 Å². The third-order valence-corrected chi connectivity index (χ3v) is 2.19. The SMILES string of the molecule is CC[C@@H](C)[C@H](CN)CC(=O)O. The first-order valence-electron chi connectivity index (χ1n) is 4.03. The third-order valence-electron chi connectivity index (χ3n) is 2.19. The molecule has 3 nitrogen and oxygen atoms in total. The molecule has 0 amide bonds. The number of hydrogen-bond donors (Lipinski definition) is 2. The first-order valence-corrected chi connectivity index (χ1v) is 4.03. The molecular formula is C8H17NO2. The molecule has 0 rings (SSSR count). The summed E-state index contributed by atoms with van der Waals surface area (Å²) in [6.45, 7) is 4.57. The van der Waals surface area contributed by atoms with E-state index in [-0.39, 0.29) is 12.3 Å². The van der Waals surface area contributed by atoms with E-state index in [9.17, 15) is 4.79 Å². The molecule has 0 unspecified atom stereocenters. The Labute approximate surface area is 67.6 Å². The fourth-order valence-corrected chi connectivity index (χ4v) is 1.07. The van der Waals surface area contributed by atoms with Crippen molar-refractivity contribution in [1.29, 1.82) is 0 Å². The summed E-state index contributed by atoms with van der Waals surface area (Å²) in [5, 5.41) is 8.50. The van der Waals surface area contributed by atoms with E-state index in [1.54, 1.807) is 0 Å². The molecule has 0 bridgehead atoms. The van der Waals surface area contributed by atoms with Crippen LogP contribution in [0.2, 0.25) is 0 Å². The van der Waals surface area contributed by atoms with Gasteiger partial charge in [-0.2, -0.15) is 0 Å². The van der Waals surface area contributed by atoms with Crippen molar-refractivity contribution < 1.29 is 9.90 Å². The van der Waals surface area contributed by atoms with Crippen molar-refractivity contribution >= 4 is 5.97 Å². The lowest BCUT2D eigenvalue weighted by molar-refractivity contribution is -0.138. The van der Waals surface area contributed by atoms with E-state index >= 15 is 0 Å². The van der Waals surface area contributed by atoms with E-state index in [0.717, 1.165) is 6.42 Å². The molecule has 66 valence electrons. The largest absolute Gasteiger partial charge is 0.481 e. The Balaban J connectivity index is 3.84. The van der Waals surface area contributed by atoms with Gasteiger partial charge in [0.05, 0.1) is 0 Å². The maximum absolute atomic E-state index is 10.3. The smallest absolute Gasteiger partial charge is 0.303 e. The molecular weight excluding hydrogens is 142 g/mol. The molecule has 0 saturated heterocycles. The molecule has 0 aliphatic rings. The van der Waals surface area contributed by atoms with Gasteiger partial charge in [-0.15, -0.1) is 0 Å². The normalized spacial score (nSPS) is 15.9. The molecule has 0 aromatic carbocycles. The van der Waals surface area contributed by atoms with Crippen LogP contribution in [0.5, 0.6) is 0 Å². The van der Waals surface area contributed by atoms with Gasteiger partial charge in [-0.05, 0) is 18.4 Å². The second-order valence-corrected chi connectivity index (χ2v) is 2.98.